The van der Waals surface area contributed by atoms with E-state index < -0.39 is 24.0 Å². The van der Waals surface area contributed by atoms with E-state index >= 15 is 0 Å². The molecule has 7 heteroatoms. The second-order valence-corrected chi connectivity index (χ2v) is 4.90. The van der Waals surface area contributed by atoms with Gasteiger partial charge in [0.2, 0.25) is 5.91 Å². The van der Waals surface area contributed by atoms with Crippen LogP contribution in [0, 0.1) is 5.92 Å². The van der Waals surface area contributed by atoms with Crippen LogP contribution in [0.2, 0.25) is 0 Å². The number of amides is 1. The number of aliphatic carboxylic acids is 1. The standard InChI is InChI=1S/C8H9NO4S2/c10-4(1-14)5-6(11)9-3(8(12)13)2-15-7(5)9/h1,3-5,7,10H,2H2,(H,12,13)/t3-,4?,5+,7+/m0/s1. The lowest BCUT2D eigenvalue weighted by Gasteiger charge is -2.44. The van der Waals surface area contributed by atoms with Crippen LogP contribution >= 0.6 is 24.0 Å². The molecule has 2 saturated heterocycles. The molecule has 0 aromatic rings. The van der Waals surface area contributed by atoms with Crippen LogP contribution < -0.4 is 0 Å². The summed E-state index contributed by atoms with van der Waals surface area (Å²) in [6.07, 6.45) is -0.950. The summed E-state index contributed by atoms with van der Waals surface area (Å²) in [6.45, 7) is 0. The monoisotopic (exact) mass is 247 g/mol. The SMILES string of the molecule is O=C(O)[C@@H]1CS[C@@H]2[C@H](C(O)C=S)C(=O)N21. The summed E-state index contributed by atoms with van der Waals surface area (Å²) in [5, 5.41) is 19.2. The number of thiocarbonyl (C=S) groups is 1. The third kappa shape index (κ3) is 1.45. The summed E-state index contributed by atoms with van der Waals surface area (Å²) in [4.78, 5) is 23.7. The summed E-state index contributed by atoms with van der Waals surface area (Å²) < 4.78 is 0. The molecule has 1 unspecified atom stereocenters. The van der Waals surface area contributed by atoms with Crippen molar-refractivity contribution in [2.24, 2.45) is 5.92 Å². The van der Waals surface area contributed by atoms with Crippen molar-refractivity contribution in [2.75, 3.05) is 5.75 Å². The molecule has 2 heterocycles. The van der Waals surface area contributed by atoms with Gasteiger partial charge in [-0.3, -0.25) is 4.79 Å². The molecule has 2 aliphatic heterocycles. The third-order valence-electron chi connectivity index (χ3n) is 2.67. The van der Waals surface area contributed by atoms with Gasteiger partial charge in [-0.25, -0.2) is 4.79 Å². The minimum atomic E-state index is -0.992. The Kier molecular flexibility index (Phi) is 2.70. The van der Waals surface area contributed by atoms with Gasteiger partial charge in [0.1, 0.15) is 6.04 Å². The molecule has 82 valence electrons. The molecule has 0 aliphatic carbocycles. The van der Waals surface area contributed by atoms with Crippen molar-refractivity contribution in [1.29, 1.82) is 0 Å². The number of rotatable bonds is 3. The highest BCUT2D eigenvalue weighted by Crippen LogP contribution is 2.44. The quantitative estimate of drug-likeness (QED) is 0.509. The smallest absolute Gasteiger partial charge is 0.327 e. The lowest BCUT2D eigenvalue weighted by molar-refractivity contribution is -0.164. The maximum atomic E-state index is 11.6. The maximum Gasteiger partial charge on any atom is 0.327 e. The molecule has 0 radical (unpaired) electrons. The molecule has 2 fully saturated rings. The van der Waals surface area contributed by atoms with Crippen LogP contribution in [-0.4, -0.2) is 55.6 Å². The topological polar surface area (TPSA) is 77.8 Å². The van der Waals surface area contributed by atoms with Crippen LogP contribution in [0.15, 0.2) is 0 Å². The fourth-order valence-corrected chi connectivity index (χ4v) is 3.63. The highest BCUT2D eigenvalue weighted by molar-refractivity contribution is 8.00. The zero-order chi connectivity index (χ0) is 11.2. The molecule has 1 amide bonds. The largest absolute Gasteiger partial charge is 0.480 e. The second kappa shape index (κ2) is 3.73. The van der Waals surface area contributed by atoms with E-state index in [-0.39, 0.29) is 11.3 Å². The lowest BCUT2D eigenvalue weighted by atomic mass is 9.91. The van der Waals surface area contributed by atoms with Crippen molar-refractivity contribution in [3.05, 3.63) is 0 Å². The number of β-lactam (4-membered cyclic amide) rings is 1. The predicted octanol–water partition coefficient (Wildman–Crippen LogP) is -0.668. The van der Waals surface area contributed by atoms with Crippen LogP contribution in [-0.2, 0) is 9.59 Å². The van der Waals surface area contributed by atoms with Gasteiger partial charge < -0.3 is 15.1 Å². The Labute approximate surface area is 95.4 Å². The summed E-state index contributed by atoms with van der Waals surface area (Å²) in [7, 11) is 0. The molecule has 4 atom stereocenters. The molecular weight excluding hydrogens is 238 g/mol. The number of thioether (sulfide) groups is 1. The van der Waals surface area contributed by atoms with E-state index in [2.05, 4.69) is 12.2 Å². The number of nitrogens with zero attached hydrogens (tertiary/aromatic N) is 1. The number of hydrogen-bond acceptors (Lipinski definition) is 5. The van der Waals surface area contributed by atoms with Crippen LogP contribution in [0.4, 0.5) is 0 Å². The summed E-state index contributed by atoms with van der Waals surface area (Å²) in [5.74, 6) is -1.48. The van der Waals surface area contributed by atoms with E-state index in [9.17, 15) is 14.7 Å². The Morgan fingerprint density at radius 1 is 1.73 bits per heavy atom. The van der Waals surface area contributed by atoms with Gasteiger partial charge in [-0.2, -0.15) is 0 Å². The first-order chi connectivity index (χ1) is 7.07. The van der Waals surface area contributed by atoms with E-state index in [1.165, 1.54) is 16.7 Å². The zero-order valence-electron chi connectivity index (χ0n) is 7.57. The van der Waals surface area contributed by atoms with E-state index in [0.29, 0.717) is 5.75 Å². The maximum absolute atomic E-state index is 11.6. The summed E-state index contributed by atoms with van der Waals surface area (Å²) in [6, 6.07) is -0.749. The first-order valence-corrected chi connectivity index (χ1v) is 5.90. The molecule has 15 heavy (non-hydrogen) atoms. The van der Waals surface area contributed by atoms with Crippen LogP contribution in [0.5, 0.6) is 0 Å². The molecule has 5 nitrogen and oxygen atoms in total. The van der Waals surface area contributed by atoms with Gasteiger partial charge in [-0.05, 0) is 0 Å². The van der Waals surface area contributed by atoms with Gasteiger partial charge in [-0.1, -0.05) is 12.2 Å². The summed E-state index contributed by atoms with van der Waals surface area (Å²) >= 11 is 5.96. The van der Waals surface area contributed by atoms with Crippen molar-refractivity contribution >= 4 is 41.2 Å². The van der Waals surface area contributed by atoms with Gasteiger partial charge in [0, 0.05) is 11.1 Å². The van der Waals surface area contributed by atoms with E-state index in [1.54, 1.807) is 0 Å². The molecule has 0 bridgehead atoms. The summed E-state index contributed by atoms with van der Waals surface area (Å²) in [5.41, 5.74) is 0. The first-order valence-electron chi connectivity index (χ1n) is 4.38. The number of carbonyl (C=O) groups excluding carboxylic acids is 1. The zero-order valence-corrected chi connectivity index (χ0v) is 9.20. The van der Waals surface area contributed by atoms with Crippen molar-refractivity contribution in [3.63, 3.8) is 0 Å². The molecule has 2 N–H and O–H groups in total. The molecule has 0 spiro atoms. The normalized spacial score (nSPS) is 35.7. The van der Waals surface area contributed by atoms with Crippen LogP contribution in [0.3, 0.4) is 0 Å². The molecule has 0 aromatic carbocycles. The number of carboxylic acids is 1. The van der Waals surface area contributed by atoms with Gasteiger partial charge in [0.05, 0.1) is 17.4 Å². The molecular formula is C8H9NO4S2. The lowest BCUT2D eigenvalue weighted by Crippen LogP contribution is -2.64. The molecule has 2 rings (SSSR count). The fraction of sp³-hybridized carbons (Fsp3) is 0.625. The van der Waals surface area contributed by atoms with Crippen LogP contribution in [0.1, 0.15) is 0 Å². The molecule has 0 saturated carbocycles. The Bertz CT molecular complexity index is 335. The van der Waals surface area contributed by atoms with Crippen molar-refractivity contribution < 1.29 is 19.8 Å². The number of carbonyl (C=O) groups is 2. The van der Waals surface area contributed by atoms with Crippen molar-refractivity contribution in [3.8, 4) is 0 Å². The highest BCUT2D eigenvalue weighted by atomic mass is 32.2. The molecule has 0 aromatic heterocycles. The average Bonchev–Trinajstić information content (AvgIpc) is 2.57. The Balaban J connectivity index is 2.13. The number of hydrogen-bond donors (Lipinski definition) is 2. The van der Waals surface area contributed by atoms with Gasteiger partial charge in [0.15, 0.2) is 0 Å². The average molecular weight is 247 g/mol. The van der Waals surface area contributed by atoms with Crippen LogP contribution in [0.25, 0.3) is 0 Å². The third-order valence-corrected chi connectivity index (χ3v) is 4.32. The number of carboxylic acid groups (broad SMARTS) is 1. The number of aliphatic hydroxyl groups excluding tert-OH is 1. The second-order valence-electron chi connectivity index (χ2n) is 3.48. The molecule has 2 aliphatic rings. The number of aliphatic hydroxyl groups is 1. The first kappa shape index (κ1) is 10.8. The predicted molar refractivity (Wildman–Crippen MR) is 57.7 cm³/mol. The van der Waals surface area contributed by atoms with E-state index in [0.717, 1.165) is 5.37 Å². The van der Waals surface area contributed by atoms with Gasteiger partial charge >= 0.3 is 5.97 Å². The van der Waals surface area contributed by atoms with Crippen molar-refractivity contribution in [2.45, 2.75) is 17.5 Å². The number of fused-ring (bicyclic) bond motifs is 1. The van der Waals surface area contributed by atoms with E-state index in [4.69, 9.17) is 5.11 Å². The Morgan fingerprint density at radius 3 is 2.93 bits per heavy atom. The van der Waals surface area contributed by atoms with Gasteiger partial charge in [0.25, 0.3) is 0 Å². The van der Waals surface area contributed by atoms with Gasteiger partial charge in [-0.15, -0.1) is 11.8 Å². The highest BCUT2D eigenvalue weighted by Gasteiger charge is 2.58. The minimum absolute atomic E-state index is 0.229. The Hall–Kier alpha value is -0.660. The van der Waals surface area contributed by atoms with Crippen molar-refractivity contribution in [1.82, 2.24) is 4.90 Å². The van der Waals surface area contributed by atoms with E-state index in [1.807, 2.05) is 0 Å². The Morgan fingerprint density at radius 2 is 2.40 bits per heavy atom. The fourth-order valence-electron chi connectivity index (χ4n) is 1.89. The minimum Gasteiger partial charge on any atom is -0.480 e.